The van der Waals surface area contributed by atoms with Crippen LogP contribution in [0.4, 0.5) is 12.9 Å². The van der Waals surface area contributed by atoms with Crippen molar-refractivity contribution in [2.75, 3.05) is 7.11 Å². The molecule has 0 saturated carbocycles. The van der Waals surface area contributed by atoms with Crippen molar-refractivity contribution in [3.63, 3.8) is 0 Å². The molecule has 0 radical (unpaired) electrons. The van der Waals surface area contributed by atoms with Gasteiger partial charge in [0, 0.05) is 11.8 Å². The Bertz CT molecular complexity index is 308. The molecule has 0 aliphatic carbocycles. The van der Waals surface area contributed by atoms with Gasteiger partial charge in [0.1, 0.15) is 0 Å². The molecule has 15 heavy (non-hydrogen) atoms. The molecule has 78 valence electrons. The Kier molecular flexibility index (Phi) is 7.11. The van der Waals surface area contributed by atoms with Crippen molar-refractivity contribution in [3.05, 3.63) is 23.9 Å². The summed E-state index contributed by atoms with van der Waals surface area (Å²) in [5.74, 6) is 0.345. The van der Waals surface area contributed by atoms with E-state index < -0.39 is 13.3 Å². The molecule has 0 amide bonds. The van der Waals surface area contributed by atoms with Gasteiger partial charge in [0.2, 0.25) is 5.88 Å². The Hall–Kier alpha value is 0.441. The first-order valence-electron chi connectivity index (χ1n) is 4.22. The topological polar surface area (TPSA) is 22.1 Å². The number of pyridine rings is 1. The summed E-state index contributed by atoms with van der Waals surface area (Å²) in [5.41, 5.74) is 0.406. The molecule has 1 aromatic heterocycles. The SMILES string of the molecule is COc1cccc(CC[B-](F)(F)F)n1.[K+]. The number of rotatable bonds is 4. The fourth-order valence-corrected chi connectivity index (χ4v) is 1.02. The van der Waals surface area contributed by atoms with Crippen LogP contribution in [0.2, 0.25) is 6.32 Å². The summed E-state index contributed by atoms with van der Waals surface area (Å²) in [6.45, 7) is -4.73. The van der Waals surface area contributed by atoms with Crippen molar-refractivity contribution in [1.82, 2.24) is 4.98 Å². The Balaban J connectivity index is 0.00000196. The third-order valence-corrected chi connectivity index (χ3v) is 1.72. The summed E-state index contributed by atoms with van der Waals surface area (Å²) in [4.78, 5) is 3.88. The Morgan fingerprint density at radius 1 is 1.33 bits per heavy atom. The number of methoxy groups -OCH3 is 1. The molecule has 1 heterocycles. The number of hydrogen-bond donors (Lipinski definition) is 0. The van der Waals surface area contributed by atoms with Crippen LogP contribution >= 0.6 is 0 Å². The van der Waals surface area contributed by atoms with Crippen molar-refractivity contribution >= 4 is 6.98 Å². The first-order valence-corrected chi connectivity index (χ1v) is 4.22. The van der Waals surface area contributed by atoms with Gasteiger partial charge in [-0.05, 0) is 12.5 Å². The number of nitrogens with zero attached hydrogens (tertiary/aromatic N) is 1. The summed E-state index contributed by atoms with van der Waals surface area (Å²) in [5, 5.41) is 0. The van der Waals surface area contributed by atoms with Crippen LogP contribution in [-0.2, 0) is 6.42 Å². The van der Waals surface area contributed by atoms with Gasteiger partial charge in [0.15, 0.2) is 0 Å². The summed E-state index contributed by atoms with van der Waals surface area (Å²) in [7, 11) is 1.43. The molecule has 0 aliphatic heterocycles. The third kappa shape index (κ3) is 6.57. The number of ether oxygens (including phenoxy) is 1. The van der Waals surface area contributed by atoms with E-state index in [4.69, 9.17) is 4.74 Å². The van der Waals surface area contributed by atoms with E-state index >= 15 is 0 Å². The first kappa shape index (κ1) is 15.4. The zero-order chi connectivity index (χ0) is 10.6. The Morgan fingerprint density at radius 2 is 2.00 bits per heavy atom. The van der Waals surface area contributed by atoms with Crippen molar-refractivity contribution in [3.8, 4) is 5.88 Å². The smallest absolute Gasteiger partial charge is 0.481 e. The molecule has 0 N–H and O–H groups in total. The monoisotopic (exact) mass is 243 g/mol. The van der Waals surface area contributed by atoms with E-state index in [0.717, 1.165) is 0 Å². The predicted molar refractivity (Wildman–Crippen MR) is 48.4 cm³/mol. The summed E-state index contributed by atoms with van der Waals surface area (Å²) in [6.07, 6.45) is -0.874. The normalized spacial score (nSPS) is 10.7. The number of aromatic nitrogens is 1. The molecular weight excluding hydrogens is 233 g/mol. The van der Waals surface area contributed by atoms with Crippen molar-refractivity contribution in [2.45, 2.75) is 12.7 Å². The van der Waals surface area contributed by atoms with E-state index in [-0.39, 0.29) is 57.8 Å². The maximum atomic E-state index is 11.9. The van der Waals surface area contributed by atoms with E-state index in [2.05, 4.69) is 4.98 Å². The molecule has 0 spiro atoms. The fourth-order valence-electron chi connectivity index (χ4n) is 1.02. The Labute approximate surface area is 129 Å². The summed E-state index contributed by atoms with van der Waals surface area (Å²) >= 11 is 0. The molecule has 7 heteroatoms. The van der Waals surface area contributed by atoms with Crippen LogP contribution in [0, 0.1) is 0 Å². The van der Waals surface area contributed by atoms with Gasteiger partial charge in [-0.1, -0.05) is 12.4 Å². The molecule has 0 aliphatic rings. The van der Waals surface area contributed by atoms with Gasteiger partial charge in [-0.2, -0.15) is 0 Å². The van der Waals surface area contributed by atoms with Gasteiger partial charge in [-0.15, -0.1) is 0 Å². The minimum atomic E-state index is -4.73. The molecule has 0 saturated heterocycles. The van der Waals surface area contributed by atoms with Crippen LogP contribution < -0.4 is 56.1 Å². The van der Waals surface area contributed by atoms with Crippen LogP contribution in [0.15, 0.2) is 18.2 Å². The second kappa shape index (κ2) is 6.90. The minimum Gasteiger partial charge on any atom is -0.481 e. The molecule has 1 aromatic rings. The van der Waals surface area contributed by atoms with Crippen LogP contribution in [0.1, 0.15) is 5.69 Å². The van der Waals surface area contributed by atoms with Gasteiger partial charge >= 0.3 is 58.4 Å². The molecule has 0 aromatic carbocycles. The second-order valence-electron chi connectivity index (χ2n) is 2.92. The van der Waals surface area contributed by atoms with Gasteiger partial charge in [-0.3, -0.25) is 0 Å². The maximum Gasteiger partial charge on any atom is 1.00 e. The van der Waals surface area contributed by atoms with E-state index in [1.807, 2.05) is 0 Å². The number of aryl methyl sites for hydroxylation is 1. The molecule has 0 unspecified atom stereocenters. The summed E-state index contributed by atoms with van der Waals surface area (Å²) < 4.78 is 40.6. The zero-order valence-electron chi connectivity index (χ0n) is 8.71. The van der Waals surface area contributed by atoms with Crippen molar-refractivity contribution in [2.24, 2.45) is 0 Å². The molecule has 0 atom stereocenters. The fraction of sp³-hybridized carbons (Fsp3) is 0.375. The van der Waals surface area contributed by atoms with Crippen molar-refractivity contribution < 1.29 is 69.1 Å². The molecule has 2 nitrogen and oxygen atoms in total. The quantitative estimate of drug-likeness (QED) is 0.664. The van der Waals surface area contributed by atoms with E-state index in [9.17, 15) is 12.9 Å². The summed E-state index contributed by atoms with van der Waals surface area (Å²) in [6, 6.07) is 4.79. The van der Waals surface area contributed by atoms with Crippen LogP contribution in [0.25, 0.3) is 0 Å². The second-order valence-corrected chi connectivity index (χ2v) is 2.92. The van der Waals surface area contributed by atoms with Crippen LogP contribution in [0.3, 0.4) is 0 Å². The van der Waals surface area contributed by atoms with Gasteiger partial charge in [0.05, 0.1) is 7.11 Å². The van der Waals surface area contributed by atoms with Crippen molar-refractivity contribution in [1.29, 1.82) is 0 Å². The standard InChI is InChI=1S/C8H10BF3NO.K/c1-14-8-4-2-3-7(13-8)5-6-9(10,11)12;/h2-4H,5-6H2,1H3;/q-1;+1. The number of hydrogen-bond acceptors (Lipinski definition) is 2. The predicted octanol–water partition coefficient (Wildman–Crippen LogP) is -0.516. The average molecular weight is 243 g/mol. The third-order valence-electron chi connectivity index (χ3n) is 1.72. The van der Waals surface area contributed by atoms with Crippen LogP contribution in [0.5, 0.6) is 5.88 Å². The van der Waals surface area contributed by atoms with E-state index in [0.29, 0.717) is 11.6 Å². The molecular formula is C8H10BF3KNO. The molecule has 1 rings (SSSR count). The Morgan fingerprint density at radius 3 is 2.53 bits per heavy atom. The molecule has 0 bridgehead atoms. The average Bonchev–Trinajstić information content (AvgIpc) is 2.14. The van der Waals surface area contributed by atoms with Gasteiger partial charge < -0.3 is 17.7 Å². The number of halogens is 3. The van der Waals surface area contributed by atoms with E-state index in [1.54, 1.807) is 18.2 Å². The van der Waals surface area contributed by atoms with Gasteiger partial charge in [0.25, 0.3) is 0 Å². The zero-order valence-corrected chi connectivity index (χ0v) is 11.8. The van der Waals surface area contributed by atoms with Gasteiger partial charge in [-0.25, -0.2) is 4.98 Å². The first-order chi connectivity index (χ1) is 6.51. The molecule has 0 fully saturated rings. The van der Waals surface area contributed by atoms with E-state index in [1.165, 1.54) is 7.11 Å². The van der Waals surface area contributed by atoms with Crippen LogP contribution in [-0.4, -0.2) is 19.1 Å². The largest absolute Gasteiger partial charge is 1.00 e. The maximum absolute atomic E-state index is 11.9. The minimum absolute atomic E-state index is 0.